The van der Waals surface area contributed by atoms with Crippen LogP contribution in [0.4, 0.5) is 5.69 Å². The van der Waals surface area contributed by atoms with E-state index >= 15 is 0 Å². The minimum Gasteiger partial charge on any atom is -0.478 e. The van der Waals surface area contributed by atoms with Crippen LogP contribution >= 0.6 is 0 Å². The number of benzene rings is 3. The van der Waals surface area contributed by atoms with Gasteiger partial charge in [-0.05, 0) is 52.4 Å². The lowest BCUT2D eigenvalue weighted by atomic mass is 9.68. The van der Waals surface area contributed by atoms with Crippen molar-refractivity contribution < 1.29 is 19.1 Å². The number of fused-ring (bicyclic) bond motifs is 4. The fourth-order valence-corrected chi connectivity index (χ4v) is 5.59. The Morgan fingerprint density at radius 1 is 0.971 bits per heavy atom. The molecule has 5 nitrogen and oxygen atoms in total. The van der Waals surface area contributed by atoms with Crippen LogP contribution in [-0.2, 0) is 4.79 Å². The average molecular weight is 464 g/mol. The van der Waals surface area contributed by atoms with Crippen molar-refractivity contribution in [2.75, 3.05) is 5.32 Å². The number of ketones is 1. The quantitative estimate of drug-likeness (QED) is 0.338. The standard InChI is InChI=1S/C30H25NO4/c1-30(2)15-21-26-18-8-4-3-7-17(18)11-12-22(26)31-28(27(21)23(32)16-30)25-14-13-24(35-25)19-9-5-6-10-20(19)29(33)34/h3-14,28,31H,15-16H2,1-2H3,(H,33,34)/t28-/m1/s1. The third kappa shape index (κ3) is 3.46. The molecular weight excluding hydrogens is 438 g/mol. The van der Waals surface area contributed by atoms with E-state index in [1.54, 1.807) is 30.3 Å². The number of anilines is 1. The fraction of sp³-hybridized carbons (Fsp3) is 0.200. The van der Waals surface area contributed by atoms with Gasteiger partial charge in [0.1, 0.15) is 17.6 Å². The zero-order valence-corrected chi connectivity index (χ0v) is 19.6. The van der Waals surface area contributed by atoms with Gasteiger partial charge in [0.05, 0.1) is 5.56 Å². The summed E-state index contributed by atoms with van der Waals surface area (Å²) in [6, 6.07) is 22.4. The predicted octanol–water partition coefficient (Wildman–Crippen LogP) is 7.11. The molecular formula is C30H25NO4. The Labute approximate surface area is 203 Å². The summed E-state index contributed by atoms with van der Waals surface area (Å²) in [4.78, 5) is 25.3. The lowest BCUT2D eigenvalue weighted by Gasteiger charge is -2.39. The van der Waals surface area contributed by atoms with E-state index in [2.05, 4.69) is 43.4 Å². The van der Waals surface area contributed by atoms with Gasteiger partial charge in [0, 0.05) is 28.8 Å². The zero-order chi connectivity index (χ0) is 24.3. The van der Waals surface area contributed by atoms with Gasteiger partial charge < -0.3 is 14.8 Å². The SMILES string of the molecule is CC1(C)CC(=O)C2=C(C1)c1c(ccc3ccccc13)N[C@@H]2c1ccc(-c2ccccc2C(=O)O)o1. The highest BCUT2D eigenvalue weighted by Gasteiger charge is 2.41. The maximum atomic E-state index is 13.6. The summed E-state index contributed by atoms with van der Waals surface area (Å²) in [5.41, 5.74) is 4.45. The van der Waals surface area contributed by atoms with Crippen LogP contribution in [0.5, 0.6) is 0 Å². The van der Waals surface area contributed by atoms with E-state index in [-0.39, 0.29) is 16.8 Å². The van der Waals surface area contributed by atoms with Crippen molar-refractivity contribution in [3.63, 3.8) is 0 Å². The first-order chi connectivity index (χ1) is 16.8. The van der Waals surface area contributed by atoms with Crippen molar-refractivity contribution in [1.29, 1.82) is 0 Å². The molecule has 2 N–H and O–H groups in total. The lowest BCUT2D eigenvalue weighted by Crippen LogP contribution is -2.33. The van der Waals surface area contributed by atoms with Gasteiger partial charge in [-0.3, -0.25) is 4.79 Å². The Hall–Kier alpha value is -4.12. The molecule has 1 aliphatic heterocycles. The Kier molecular flexibility index (Phi) is 4.71. The molecule has 35 heavy (non-hydrogen) atoms. The molecule has 0 saturated carbocycles. The summed E-state index contributed by atoms with van der Waals surface area (Å²) in [5, 5.41) is 15.5. The van der Waals surface area contributed by atoms with Gasteiger partial charge in [-0.25, -0.2) is 4.79 Å². The Morgan fingerprint density at radius 3 is 2.57 bits per heavy atom. The molecule has 0 radical (unpaired) electrons. The van der Waals surface area contributed by atoms with Gasteiger partial charge in [0.25, 0.3) is 0 Å². The summed E-state index contributed by atoms with van der Waals surface area (Å²) >= 11 is 0. The van der Waals surface area contributed by atoms with E-state index < -0.39 is 12.0 Å². The molecule has 0 saturated heterocycles. The number of aromatic carboxylic acids is 1. The summed E-state index contributed by atoms with van der Waals surface area (Å²) in [7, 11) is 0. The second-order valence-electron chi connectivity index (χ2n) is 10.2. The van der Waals surface area contributed by atoms with Gasteiger partial charge in [-0.2, -0.15) is 0 Å². The lowest BCUT2D eigenvalue weighted by molar-refractivity contribution is -0.118. The molecule has 4 aromatic rings. The summed E-state index contributed by atoms with van der Waals surface area (Å²) < 4.78 is 6.24. The van der Waals surface area contributed by atoms with E-state index in [9.17, 15) is 14.7 Å². The number of Topliss-reactive ketones (excluding diaryl/α,β-unsaturated/α-hetero) is 1. The van der Waals surface area contributed by atoms with Gasteiger partial charge in [-0.15, -0.1) is 0 Å². The molecule has 0 bridgehead atoms. The van der Waals surface area contributed by atoms with E-state index in [4.69, 9.17) is 4.42 Å². The highest BCUT2D eigenvalue weighted by molar-refractivity contribution is 6.12. The monoisotopic (exact) mass is 463 g/mol. The van der Waals surface area contributed by atoms with Crippen molar-refractivity contribution in [2.24, 2.45) is 5.41 Å². The van der Waals surface area contributed by atoms with E-state index in [1.165, 1.54) is 0 Å². The zero-order valence-electron chi connectivity index (χ0n) is 19.6. The normalized spacial score (nSPS) is 18.7. The average Bonchev–Trinajstić information content (AvgIpc) is 3.32. The van der Waals surface area contributed by atoms with E-state index in [0.29, 0.717) is 23.5 Å². The number of furan rings is 1. The number of carboxylic acids is 1. The van der Waals surface area contributed by atoms with Crippen molar-refractivity contribution >= 4 is 33.8 Å². The van der Waals surface area contributed by atoms with Crippen LogP contribution in [0.25, 0.3) is 27.7 Å². The molecule has 0 spiro atoms. The molecule has 2 aliphatic rings. The van der Waals surface area contributed by atoms with Crippen LogP contribution in [0.15, 0.2) is 82.8 Å². The Morgan fingerprint density at radius 2 is 1.74 bits per heavy atom. The van der Waals surface area contributed by atoms with Crippen LogP contribution in [-0.4, -0.2) is 16.9 Å². The number of carbonyl (C=O) groups is 2. The first kappa shape index (κ1) is 21.4. The molecule has 174 valence electrons. The molecule has 0 unspecified atom stereocenters. The molecule has 1 atom stereocenters. The number of allylic oxidation sites excluding steroid dienone is 1. The minimum absolute atomic E-state index is 0.122. The van der Waals surface area contributed by atoms with Gasteiger partial charge in [0.2, 0.25) is 0 Å². The first-order valence-electron chi connectivity index (χ1n) is 11.8. The second-order valence-corrected chi connectivity index (χ2v) is 10.2. The Balaban J connectivity index is 1.53. The number of carboxylic acid groups (broad SMARTS) is 1. The topological polar surface area (TPSA) is 79.5 Å². The van der Waals surface area contributed by atoms with E-state index in [0.717, 1.165) is 39.6 Å². The summed E-state index contributed by atoms with van der Waals surface area (Å²) in [6.45, 7) is 4.29. The number of hydrogen-bond acceptors (Lipinski definition) is 4. The molecule has 0 fully saturated rings. The number of nitrogens with one attached hydrogen (secondary N) is 1. The third-order valence-corrected chi connectivity index (χ3v) is 7.07. The summed E-state index contributed by atoms with van der Waals surface area (Å²) in [6.07, 6.45) is 1.27. The number of rotatable bonds is 3. The molecule has 2 heterocycles. The number of hydrogen-bond donors (Lipinski definition) is 2. The van der Waals surface area contributed by atoms with Crippen LogP contribution in [0.1, 0.15) is 54.4 Å². The van der Waals surface area contributed by atoms with Crippen LogP contribution in [0.3, 0.4) is 0 Å². The Bertz CT molecular complexity index is 1560. The van der Waals surface area contributed by atoms with Gasteiger partial charge >= 0.3 is 5.97 Å². The van der Waals surface area contributed by atoms with Gasteiger partial charge in [-0.1, -0.05) is 62.4 Å². The van der Waals surface area contributed by atoms with E-state index in [1.807, 2.05) is 18.2 Å². The molecule has 5 heteroatoms. The van der Waals surface area contributed by atoms with Crippen molar-refractivity contribution in [3.05, 3.63) is 95.3 Å². The van der Waals surface area contributed by atoms with Crippen LogP contribution in [0, 0.1) is 5.41 Å². The summed E-state index contributed by atoms with van der Waals surface area (Å²) in [5.74, 6) is 0.176. The molecule has 6 rings (SSSR count). The molecule has 0 amide bonds. The smallest absolute Gasteiger partial charge is 0.336 e. The third-order valence-electron chi connectivity index (χ3n) is 7.07. The maximum absolute atomic E-state index is 13.6. The maximum Gasteiger partial charge on any atom is 0.336 e. The van der Waals surface area contributed by atoms with Crippen molar-refractivity contribution in [3.8, 4) is 11.3 Å². The van der Waals surface area contributed by atoms with Crippen LogP contribution < -0.4 is 5.32 Å². The van der Waals surface area contributed by atoms with Crippen LogP contribution in [0.2, 0.25) is 0 Å². The highest BCUT2D eigenvalue weighted by atomic mass is 16.4. The molecule has 1 aromatic heterocycles. The molecule has 3 aromatic carbocycles. The number of carbonyl (C=O) groups excluding carboxylic acids is 1. The largest absolute Gasteiger partial charge is 0.478 e. The second kappa shape index (κ2) is 7.70. The molecule has 1 aliphatic carbocycles. The first-order valence-corrected chi connectivity index (χ1v) is 11.8. The fourth-order valence-electron chi connectivity index (χ4n) is 5.59. The van der Waals surface area contributed by atoms with Gasteiger partial charge in [0.15, 0.2) is 5.78 Å². The highest BCUT2D eigenvalue weighted by Crippen LogP contribution is 2.52. The predicted molar refractivity (Wildman–Crippen MR) is 136 cm³/mol. The minimum atomic E-state index is -1.01. The van der Waals surface area contributed by atoms with Crippen molar-refractivity contribution in [2.45, 2.75) is 32.7 Å². The van der Waals surface area contributed by atoms with Crippen molar-refractivity contribution in [1.82, 2.24) is 0 Å².